The molecule has 0 N–H and O–H groups in total. The number of rotatable bonds is 6. The molecule has 0 saturated heterocycles. The molecule has 0 aliphatic carbocycles. The van der Waals surface area contributed by atoms with Crippen molar-refractivity contribution >= 4 is 0 Å². The van der Waals surface area contributed by atoms with Gasteiger partial charge in [-0.25, -0.2) is 0 Å². The lowest BCUT2D eigenvalue weighted by Crippen LogP contribution is -1.88. The monoisotopic (exact) mass is 226 g/mol. The lowest BCUT2D eigenvalue weighted by molar-refractivity contribution is 1.21. The van der Waals surface area contributed by atoms with Crippen molar-refractivity contribution in [2.45, 2.75) is 33.6 Å². The van der Waals surface area contributed by atoms with Gasteiger partial charge in [0, 0.05) is 0 Å². The second-order valence-electron chi connectivity index (χ2n) is 3.61. The van der Waals surface area contributed by atoms with E-state index in [0.29, 0.717) is 0 Å². The fraction of sp³-hybridized carbons (Fsp3) is 0.294. The minimum Gasteiger partial charge on any atom is -0.115 e. The van der Waals surface area contributed by atoms with Crippen molar-refractivity contribution in [3.63, 3.8) is 0 Å². The van der Waals surface area contributed by atoms with Crippen molar-refractivity contribution in [3.8, 4) is 12.3 Å². The van der Waals surface area contributed by atoms with Crippen molar-refractivity contribution in [2.24, 2.45) is 0 Å². The SMILES string of the molecule is C#C/C=C(\C=C/CC)C(=C)C(/C=C\CC)=C/C. The van der Waals surface area contributed by atoms with Crippen molar-refractivity contribution in [1.82, 2.24) is 0 Å². The largest absolute Gasteiger partial charge is 0.115 e. The predicted molar refractivity (Wildman–Crippen MR) is 78.7 cm³/mol. The second kappa shape index (κ2) is 9.48. The number of hydrogen-bond acceptors (Lipinski definition) is 0. The Kier molecular flexibility index (Phi) is 8.51. The van der Waals surface area contributed by atoms with Gasteiger partial charge in [0.1, 0.15) is 0 Å². The van der Waals surface area contributed by atoms with Gasteiger partial charge >= 0.3 is 0 Å². The predicted octanol–water partition coefficient (Wildman–Crippen LogP) is 4.98. The molecule has 0 bridgehead atoms. The molecule has 0 aliphatic rings. The van der Waals surface area contributed by atoms with E-state index in [1.54, 1.807) is 6.08 Å². The van der Waals surface area contributed by atoms with E-state index in [9.17, 15) is 0 Å². The molecule has 0 amide bonds. The van der Waals surface area contributed by atoms with Crippen LogP contribution in [0.15, 0.2) is 59.8 Å². The molecule has 0 nitrogen and oxygen atoms in total. The van der Waals surface area contributed by atoms with E-state index in [1.807, 2.05) is 13.0 Å². The molecule has 17 heavy (non-hydrogen) atoms. The molecule has 90 valence electrons. The molecule has 0 aromatic carbocycles. The Labute approximate surface area is 106 Å². The first-order valence-electron chi connectivity index (χ1n) is 6.06. The topological polar surface area (TPSA) is 0 Å². The standard InChI is InChI=1S/C17H22/c1-6-10-13-16(9-4)15(5)17(12-8-3)14-11-7-2/h3,9-14H,5-7H2,1-2,4H3/b13-10-,14-11-,16-9+,17-12+. The Morgan fingerprint density at radius 2 is 1.65 bits per heavy atom. The highest BCUT2D eigenvalue weighted by Crippen LogP contribution is 2.20. The van der Waals surface area contributed by atoms with Gasteiger partial charge in [-0.15, -0.1) is 6.42 Å². The smallest absolute Gasteiger partial charge is 0.00431 e. The lowest BCUT2D eigenvalue weighted by Gasteiger charge is -2.07. The van der Waals surface area contributed by atoms with Crippen LogP contribution in [0.1, 0.15) is 33.6 Å². The molecular formula is C17H22. The van der Waals surface area contributed by atoms with Crippen LogP contribution in [0.25, 0.3) is 0 Å². The van der Waals surface area contributed by atoms with Gasteiger partial charge in [0.05, 0.1) is 0 Å². The summed E-state index contributed by atoms with van der Waals surface area (Å²) < 4.78 is 0. The van der Waals surface area contributed by atoms with Crippen LogP contribution in [0.5, 0.6) is 0 Å². The summed E-state index contributed by atoms with van der Waals surface area (Å²) in [5.74, 6) is 2.57. The van der Waals surface area contributed by atoms with E-state index in [2.05, 4.69) is 50.7 Å². The van der Waals surface area contributed by atoms with Gasteiger partial charge in [-0.2, -0.15) is 0 Å². The molecule has 0 fully saturated rings. The molecule has 0 atom stereocenters. The van der Waals surface area contributed by atoms with E-state index >= 15 is 0 Å². The quantitative estimate of drug-likeness (QED) is 0.442. The molecule has 0 aromatic heterocycles. The van der Waals surface area contributed by atoms with Crippen LogP contribution >= 0.6 is 0 Å². The summed E-state index contributed by atoms with van der Waals surface area (Å²) in [7, 11) is 0. The fourth-order valence-corrected chi connectivity index (χ4v) is 1.35. The van der Waals surface area contributed by atoms with Gasteiger partial charge in [-0.3, -0.25) is 0 Å². The van der Waals surface area contributed by atoms with Crippen LogP contribution in [-0.2, 0) is 0 Å². The van der Waals surface area contributed by atoms with Gasteiger partial charge < -0.3 is 0 Å². The normalized spacial score (nSPS) is 13.3. The van der Waals surface area contributed by atoms with E-state index in [-0.39, 0.29) is 0 Å². The molecule has 0 heteroatoms. The molecule has 0 unspecified atom stereocenters. The van der Waals surface area contributed by atoms with Crippen LogP contribution in [0.2, 0.25) is 0 Å². The maximum atomic E-state index is 5.34. The molecule has 0 saturated carbocycles. The van der Waals surface area contributed by atoms with Crippen molar-refractivity contribution in [2.75, 3.05) is 0 Å². The zero-order valence-electron chi connectivity index (χ0n) is 11.2. The first-order valence-corrected chi connectivity index (χ1v) is 6.06. The maximum absolute atomic E-state index is 5.34. The highest BCUT2D eigenvalue weighted by Gasteiger charge is 2.01. The zero-order chi connectivity index (χ0) is 13.1. The molecule has 0 spiro atoms. The summed E-state index contributed by atoms with van der Waals surface area (Å²) in [6.45, 7) is 10.3. The molecule has 0 heterocycles. The summed E-state index contributed by atoms with van der Waals surface area (Å²) in [5, 5.41) is 0. The summed E-state index contributed by atoms with van der Waals surface area (Å²) in [6.07, 6.45) is 19.5. The zero-order valence-corrected chi connectivity index (χ0v) is 11.2. The highest BCUT2D eigenvalue weighted by atomic mass is 14.1. The Hall–Kier alpha value is -1.74. The number of terminal acetylenes is 1. The Morgan fingerprint density at radius 3 is 2.06 bits per heavy atom. The Balaban J connectivity index is 5.09. The third-order valence-corrected chi connectivity index (χ3v) is 2.31. The van der Waals surface area contributed by atoms with Gasteiger partial charge in [-0.05, 0) is 42.6 Å². The average molecular weight is 226 g/mol. The number of hydrogen-bond donors (Lipinski definition) is 0. The second-order valence-corrected chi connectivity index (χ2v) is 3.61. The molecule has 0 rings (SSSR count). The Morgan fingerprint density at radius 1 is 1.12 bits per heavy atom. The van der Waals surface area contributed by atoms with Gasteiger partial charge in [0.25, 0.3) is 0 Å². The molecule has 0 aliphatic heterocycles. The van der Waals surface area contributed by atoms with E-state index < -0.39 is 0 Å². The molecule has 0 aromatic rings. The van der Waals surface area contributed by atoms with Gasteiger partial charge in [0.2, 0.25) is 0 Å². The van der Waals surface area contributed by atoms with E-state index in [0.717, 1.165) is 29.6 Å². The fourth-order valence-electron chi connectivity index (χ4n) is 1.35. The minimum absolute atomic E-state index is 0.972. The lowest BCUT2D eigenvalue weighted by atomic mass is 9.97. The van der Waals surface area contributed by atoms with Crippen LogP contribution in [0, 0.1) is 12.3 Å². The van der Waals surface area contributed by atoms with E-state index in [4.69, 9.17) is 6.42 Å². The van der Waals surface area contributed by atoms with Crippen molar-refractivity contribution < 1.29 is 0 Å². The summed E-state index contributed by atoms with van der Waals surface area (Å²) in [6, 6.07) is 0. The molecule has 0 radical (unpaired) electrons. The first kappa shape index (κ1) is 15.3. The van der Waals surface area contributed by atoms with Crippen LogP contribution in [0.4, 0.5) is 0 Å². The third-order valence-electron chi connectivity index (χ3n) is 2.31. The van der Waals surface area contributed by atoms with Crippen LogP contribution < -0.4 is 0 Å². The average Bonchev–Trinajstić information content (AvgIpc) is 2.35. The van der Waals surface area contributed by atoms with Crippen LogP contribution in [0.3, 0.4) is 0 Å². The van der Waals surface area contributed by atoms with Gasteiger partial charge in [0.15, 0.2) is 0 Å². The maximum Gasteiger partial charge on any atom is -0.00431 e. The Bertz CT molecular complexity index is 392. The van der Waals surface area contributed by atoms with Crippen LogP contribution in [-0.4, -0.2) is 0 Å². The highest BCUT2D eigenvalue weighted by molar-refractivity contribution is 5.55. The summed E-state index contributed by atoms with van der Waals surface area (Å²) in [4.78, 5) is 0. The van der Waals surface area contributed by atoms with Crippen molar-refractivity contribution in [1.29, 1.82) is 0 Å². The number of allylic oxidation sites excluding steroid dienone is 9. The van der Waals surface area contributed by atoms with E-state index in [1.165, 1.54) is 0 Å². The first-order chi connectivity index (χ1) is 8.21. The van der Waals surface area contributed by atoms with Crippen molar-refractivity contribution in [3.05, 3.63) is 59.8 Å². The molecular weight excluding hydrogens is 204 g/mol. The summed E-state index contributed by atoms with van der Waals surface area (Å²) >= 11 is 0. The third kappa shape index (κ3) is 5.78. The summed E-state index contributed by atoms with van der Waals surface area (Å²) in [5.41, 5.74) is 3.09. The minimum atomic E-state index is 0.972. The van der Waals surface area contributed by atoms with Gasteiger partial charge in [-0.1, -0.05) is 56.7 Å².